The third-order valence-corrected chi connectivity index (χ3v) is 1.50. The summed E-state index contributed by atoms with van der Waals surface area (Å²) >= 11 is 0. The van der Waals surface area contributed by atoms with Crippen LogP contribution in [0.3, 0.4) is 0 Å². The van der Waals surface area contributed by atoms with Gasteiger partial charge in [-0.15, -0.1) is 0 Å². The molecule has 0 bridgehead atoms. The van der Waals surface area contributed by atoms with Crippen LogP contribution in [-0.4, -0.2) is 12.7 Å². The molecule has 79 valence electrons. The van der Waals surface area contributed by atoms with E-state index in [-0.39, 0.29) is 6.61 Å². The van der Waals surface area contributed by atoms with Crippen molar-refractivity contribution in [2.75, 3.05) is 6.61 Å². The van der Waals surface area contributed by atoms with Gasteiger partial charge in [0.15, 0.2) is 0 Å². The van der Waals surface area contributed by atoms with Gasteiger partial charge in [-0.25, -0.2) is 0 Å². The van der Waals surface area contributed by atoms with Gasteiger partial charge in [-0.05, 0) is 6.42 Å². The first-order valence-corrected chi connectivity index (χ1v) is 4.21. The standard InChI is InChI=1S/C8H13F4O/c1-2-3-4-5-6-13-8(11,12)7(9)10/h2-6H2,1H3. The monoisotopic (exact) mass is 201 g/mol. The zero-order chi connectivity index (χ0) is 10.3. The van der Waals surface area contributed by atoms with Crippen LogP contribution in [0.5, 0.6) is 0 Å². The normalized spacial score (nSPS) is 12.5. The first-order chi connectivity index (χ1) is 6.00. The van der Waals surface area contributed by atoms with E-state index in [1.807, 2.05) is 6.92 Å². The fourth-order valence-corrected chi connectivity index (χ4v) is 0.784. The van der Waals surface area contributed by atoms with Crippen LogP contribution >= 0.6 is 0 Å². The molecule has 0 fully saturated rings. The molecular formula is C8H13F4O. The Hall–Kier alpha value is -0.320. The molecule has 13 heavy (non-hydrogen) atoms. The summed E-state index contributed by atoms with van der Waals surface area (Å²) in [6.07, 6.45) is -4.39. The second kappa shape index (κ2) is 6.18. The highest BCUT2D eigenvalue weighted by molar-refractivity contribution is 4.72. The molecular weight excluding hydrogens is 188 g/mol. The smallest absolute Gasteiger partial charge is 0.316 e. The topological polar surface area (TPSA) is 9.23 Å². The minimum atomic E-state index is -4.37. The summed E-state index contributed by atoms with van der Waals surface area (Å²) in [5.41, 5.74) is 0. The van der Waals surface area contributed by atoms with Gasteiger partial charge < -0.3 is 4.74 Å². The highest BCUT2D eigenvalue weighted by atomic mass is 19.3. The molecule has 0 aliphatic rings. The van der Waals surface area contributed by atoms with Crippen molar-refractivity contribution < 1.29 is 22.3 Å². The number of ether oxygens (including phenoxy) is 1. The Kier molecular flexibility index (Phi) is 6.03. The lowest BCUT2D eigenvalue weighted by Crippen LogP contribution is -2.25. The van der Waals surface area contributed by atoms with Gasteiger partial charge in [0.2, 0.25) is 0 Å². The van der Waals surface area contributed by atoms with Crippen molar-refractivity contribution in [3.05, 3.63) is 6.43 Å². The van der Waals surface area contributed by atoms with E-state index in [0.29, 0.717) is 6.42 Å². The Balaban J connectivity index is 3.41. The highest BCUT2D eigenvalue weighted by Gasteiger charge is 2.44. The maximum absolute atomic E-state index is 12.0. The Labute approximate surface area is 75.1 Å². The summed E-state index contributed by atoms with van der Waals surface area (Å²) in [4.78, 5) is 0. The molecule has 1 nitrogen and oxygen atoms in total. The van der Waals surface area contributed by atoms with Crippen molar-refractivity contribution in [2.45, 2.75) is 38.7 Å². The lowest BCUT2D eigenvalue weighted by Gasteiger charge is -2.13. The van der Waals surface area contributed by atoms with Gasteiger partial charge in [0.1, 0.15) is 0 Å². The van der Waals surface area contributed by atoms with Crippen molar-refractivity contribution in [3.63, 3.8) is 0 Å². The average molecular weight is 201 g/mol. The lowest BCUT2D eigenvalue weighted by atomic mass is 10.2. The van der Waals surface area contributed by atoms with Crippen LogP contribution in [0.1, 0.15) is 32.6 Å². The Morgan fingerprint density at radius 3 is 2.23 bits per heavy atom. The van der Waals surface area contributed by atoms with Crippen LogP contribution in [0, 0.1) is 6.43 Å². The summed E-state index contributed by atoms with van der Waals surface area (Å²) in [5.74, 6) is 0. The molecule has 0 aliphatic heterocycles. The molecule has 0 spiro atoms. The molecule has 0 aromatic carbocycles. The quantitative estimate of drug-likeness (QED) is 0.451. The third-order valence-electron chi connectivity index (χ3n) is 1.50. The van der Waals surface area contributed by atoms with Crippen LogP contribution in [0.2, 0.25) is 0 Å². The van der Waals surface area contributed by atoms with Crippen molar-refractivity contribution in [3.8, 4) is 0 Å². The number of hydrogen-bond acceptors (Lipinski definition) is 1. The largest absolute Gasteiger partial charge is 0.426 e. The number of halogens is 4. The first-order valence-electron chi connectivity index (χ1n) is 4.21. The molecule has 1 radical (unpaired) electrons. The molecule has 0 aromatic rings. The molecule has 0 aliphatic carbocycles. The molecule has 0 heterocycles. The van der Waals surface area contributed by atoms with E-state index < -0.39 is 12.5 Å². The maximum Gasteiger partial charge on any atom is 0.426 e. The van der Waals surface area contributed by atoms with E-state index >= 15 is 0 Å². The minimum absolute atomic E-state index is 0.329. The van der Waals surface area contributed by atoms with Gasteiger partial charge in [0.25, 0.3) is 0 Å². The van der Waals surface area contributed by atoms with Gasteiger partial charge >= 0.3 is 12.5 Å². The Bertz CT molecular complexity index is 127. The van der Waals surface area contributed by atoms with Crippen LogP contribution in [-0.2, 0) is 4.74 Å². The fraction of sp³-hybridized carbons (Fsp3) is 0.875. The molecule has 0 unspecified atom stereocenters. The molecule has 0 rings (SSSR count). The Morgan fingerprint density at radius 1 is 1.15 bits per heavy atom. The fourth-order valence-electron chi connectivity index (χ4n) is 0.784. The van der Waals surface area contributed by atoms with Gasteiger partial charge in [-0.3, -0.25) is 0 Å². The summed E-state index contributed by atoms with van der Waals surface area (Å²) in [5, 5.41) is 0. The van der Waals surface area contributed by atoms with Crippen LogP contribution in [0.15, 0.2) is 0 Å². The molecule has 5 heteroatoms. The SMILES string of the molecule is CCCCCCOC(F)(F)[C](F)F. The third kappa shape index (κ3) is 5.85. The number of unbranched alkanes of at least 4 members (excludes halogenated alkanes) is 3. The minimum Gasteiger partial charge on any atom is -0.316 e. The van der Waals surface area contributed by atoms with Crippen molar-refractivity contribution in [1.29, 1.82) is 0 Å². The summed E-state index contributed by atoms with van der Waals surface area (Å²) in [7, 11) is 0. The zero-order valence-corrected chi connectivity index (χ0v) is 7.46. The van der Waals surface area contributed by atoms with Crippen molar-refractivity contribution in [1.82, 2.24) is 0 Å². The number of rotatable bonds is 7. The molecule has 0 amide bonds. The van der Waals surface area contributed by atoms with E-state index in [1.54, 1.807) is 0 Å². The molecule has 0 N–H and O–H groups in total. The first kappa shape index (κ1) is 12.7. The predicted octanol–water partition coefficient (Wildman–Crippen LogP) is 3.60. The van der Waals surface area contributed by atoms with Gasteiger partial charge in [-0.1, -0.05) is 26.2 Å². The van der Waals surface area contributed by atoms with Gasteiger partial charge in [0.05, 0.1) is 6.61 Å². The van der Waals surface area contributed by atoms with Crippen molar-refractivity contribution in [2.24, 2.45) is 0 Å². The van der Waals surface area contributed by atoms with E-state index in [0.717, 1.165) is 19.3 Å². The molecule has 0 saturated heterocycles. The lowest BCUT2D eigenvalue weighted by molar-refractivity contribution is -0.260. The second-order valence-electron chi connectivity index (χ2n) is 2.69. The van der Waals surface area contributed by atoms with Crippen molar-refractivity contribution >= 4 is 0 Å². The zero-order valence-electron chi connectivity index (χ0n) is 7.46. The average Bonchev–Trinajstić information content (AvgIpc) is 2.03. The van der Waals surface area contributed by atoms with Gasteiger partial charge in [0, 0.05) is 0 Å². The van der Waals surface area contributed by atoms with E-state index in [4.69, 9.17) is 0 Å². The van der Waals surface area contributed by atoms with E-state index in [2.05, 4.69) is 4.74 Å². The molecule has 0 aromatic heterocycles. The summed E-state index contributed by atoms with van der Waals surface area (Å²) in [6, 6.07) is 0. The van der Waals surface area contributed by atoms with Crippen LogP contribution in [0.4, 0.5) is 17.6 Å². The molecule has 0 atom stereocenters. The van der Waals surface area contributed by atoms with Crippen LogP contribution in [0.25, 0.3) is 0 Å². The molecule has 0 saturated carbocycles. The predicted molar refractivity (Wildman–Crippen MR) is 40.5 cm³/mol. The van der Waals surface area contributed by atoms with Gasteiger partial charge in [-0.2, -0.15) is 17.6 Å². The number of alkyl halides is 2. The van der Waals surface area contributed by atoms with E-state index in [1.165, 1.54) is 0 Å². The highest BCUT2D eigenvalue weighted by Crippen LogP contribution is 2.30. The summed E-state index contributed by atoms with van der Waals surface area (Å²) < 4.78 is 50.7. The Morgan fingerprint density at radius 2 is 1.77 bits per heavy atom. The maximum atomic E-state index is 12.0. The number of hydrogen-bond donors (Lipinski definition) is 0. The van der Waals surface area contributed by atoms with Crippen LogP contribution < -0.4 is 0 Å². The summed E-state index contributed by atoms with van der Waals surface area (Å²) in [6.45, 7) is 1.63. The second-order valence-corrected chi connectivity index (χ2v) is 2.69. The van der Waals surface area contributed by atoms with E-state index in [9.17, 15) is 17.6 Å².